The summed E-state index contributed by atoms with van der Waals surface area (Å²) in [6.07, 6.45) is 1.25. The van der Waals surface area contributed by atoms with Crippen LogP contribution in [0.15, 0.2) is 0 Å². The fraction of sp³-hybridized carbons (Fsp3) is 1.00. The zero-order valence-electron chi connectivity index (χ0n) is 10.2. The molecule has 1 nitrogen and oxygen atoms in total. The fourth-order valence-corrected chi connectivity index (χ4v) is 1.73. The highest BCUT2D eigenvalue weighted by Crippen LogP contribution is 2.34. The van der Waals surface area contributed by atoms with Crippen LogP contribution in [0.3, 0.4) is 0 Å². The zero-order valence-corrected chi connectivity index (χ0v) is 10.2. The molecule has 0 saturated heterocycles. The Hall–Kier alpha value is -0.0400. The summed E-state index contributed by atoms with van der Waals surface area (Å²) in [5.74, 6) is 1.45. The molecular formula is C12H26O. The van der Waals surface area contributed by atoms with Crippen LogP contribution in [-0.4, -0.2) is 13.2 Å². The molecule has 0 radical (unpaired) electrons. The topological polar surface area (TPSA) is 9.23 Å². The van der Waals surface area contributed by atoms with E-state index >= 15 is 0 Å². The molecule has 1 heteroatoms. The van der Waals surface area contributed by atoms with Gasteiger partial charge in [-0.2, -0.15) is 0 Å². The number of rotatable bonds is 6. The molecule has 80 valence electrons. The van der Waals surface area contributed by atoms with Gasteiger partial charge in [-0.05, 0) is 30.6 Å². The van der Waals surface area contributed by atoms with Crippen molar-refractivity contribution in [2.75, 3.05) is 13.2 Å². The Kier molecular flexibility index (Phi) is 5.62. The van der Waals surface area contributed by atoms with Gasteiger partial charge in [-0.3, -0.25) is 0 Å². The lowest BCUT2D eigenvalue weighted by molar-refractivity contribution is 0.0188. The van der Waals surface area contributed by atoms with Gasteiger partial charge in [0.2, 0.25) is 0 Å². The molecule has 0 aromatic carbocycles. The molecule has 13 heavy (non-hydrogen) atoms. The first kappa shape index (κ1) is 13.0. The highest BCUT2D eigenvalue weighted by Gasteiger charge is 2.29. The van der Waals surface area contributed by atoms with Gasteiger partial charge in [-0.25, -0.2) is 0 Å². The predicted octanol–water partition coefficient (Wildman–Crippen LogP) is 3.73. The van der Waals surface area contributed by atoms with Crippen molar-refractivity contribution >= 4 is 0 Å². The van der Waals surface area contributed by atoms with Crippen molar-refractivity contribution in [3.8, 4) is 0 Å². The monoisotopic (exact) mass is 186 g/mol. The van der Waals surface area contributed by atoms with Crippen LogP contribution in [0.2, 0.25) is 0 Å². The first-order valence-corrected chi connectivity index (χ1v) is 5.50. The molecule has 0 aromatic rings. The maximum Gasteiger partial charge on any atom is 0.0522 e. The molecule has 0 aromatic heterocycles. The minimum Gasteiger partial charge on any atom is -0.381 e. The summed E-state index contributed by atoms with van der Waals surface area (Å²) in [5.41, 5.74) is 0.351. The van der Waals surface area contributed by atoms with Crippen molar-refractivity contribution in [3.63, 3.8) is 0 Å². The third-order valence-corrected chi connectivity index (χ3v) is 2.90. The Bertz CT molecular complexity index is 129. The van der Waals surface area contributed by atoms with Gasteiger partial charge in [0.25, 0.3) is 0 Å². The molecule has 0 aliphatic rings. The van der Waals surface area contributed by atoms with Crippen molar-refractivity contribution < 1.29 is 4.74 Å². The molecule has 1 unspecified atom stereocenters. The zero-order chi connectivity index (χ0) is 10.5. The van der Waals surface area contributed by atoms with E-state index in [0.717, 1.165) is 19.1 Å². The quantitative estimate of drug-likeness (QED) is 0.614. The summed E-state index contributed by atoms with van der Waals surface area (Å²) in [6.45, 7) is 15.3. The molecule has 0 heterocycles. The molecule has 0 spiro atoms. The van der Waals surface area contributed by atoms with Gasteiger partial charge in [-0.1, -0.05) is 34.6 Å². The van der Waals surface area contributed by atoms with Crippen LogP contribution in [-0.2, 0) is 4.74 Å². The third-order valence-electron chi connectivity index (χ3n) is 2.90. The molecule has 1 atom stereocenters. The Balaban J connectivity index is 4.16. The van der Waals surface area contributed by atoms with Crippen LogP contribution in [0.25, 0.3) is 0 Å². The maximum atomic E-state index is 5.56. The maximum absolute atomic E-state index is 5.56. The molecule has 0 aliphatic carbocycles. The average Bonchev–Trinajstić information content (AvgIpc) is 1.99. The molecule has 0 bridgehead atoms. The van der Waals surface area contributed by atoms with Gasteiger partial charge in [-0.15, -0.1) is 0 Å². The van der Waals surface area contributed by atoms with E-state index in [1.165, 1.54) is 6.42 Å². The SMILES string of the molecule is CCOCC(C)(CC(C)C)C(C)C. The minimum atomic E-state index is 0.351. The van der Waals surface area contributed by atoms with Gasteiger partial charge < -0.3 is 4.74 Å². The van der Waals surface area contributed by atoms with E-state index in [0.29, 0.717) is 11.3 Å². The summed E-state index contributed by atoms with van der Waals surface area (Å²) in [5, 5.41) is 0. The fourth-order valence-electron chi connectivity index (χ4n) is 1.73. The van der Waals surface area contributed by atoms with Crippen molar-refractivity contribution in [3.05, 3.63) is 0 Å². The second-order valence-electron chi connectivity index (χ2n) is 5.04. The van der Waals surface area contributed by atoms with Crippen LogP contribution in [0, 0.1) is 17.3 Å². The molecule has 0 rings (SSSR count). The largest absolute Gasteiger partial charge is 0.381 e. The summed E-state index contributed by atoms with van der Waals surface area (Å²) in [7, 11) is 0. The normalized spacial score (nSPS) is 16.6. The number of hydrogen-bond acceptors (Lipinski definition) is 1. The van der Waals surface area contributed by atoms with E-state index in [9.17, 15) is 0 Å². The van der Waals surface area contributed by atoms with Gasteiger partial charge in [0.1, 0.15) is 0 Å². The van der Waals surface area contributed by atoms with Crippen LogP contribution in [0.5, 0.6) is 0 Å². The van der Waals surface area contributed by atoms with Gasteiger partial charge in [0.05, 0.1) is 6.61 Å². The summed E-state index contributed by atoms with van der Waals surface area (Å²) >= 11 is 0. The van der Waals surface area contributed by atoms with E-state index < -0.39 is 0 Å². The summed E-state index contributed by atoms with van der Waals surface area (Å²) in [6, 6.07) is 0. The third kappa shape index (κ3) is 4.66. The van der Waals surface area contributed by atoms with E-state index in [1.807, 2.05) is 0 Å². The second-order valence-corrected chi connectivity index (χ2v) is 5.04. The lowest BCUT2D eigenvalue weighted by Crippen LogP contribution is -2.31. The number of ether oxygens (including phenoxy) is 1. The van der Waals surface area contributed by atoms with E-state index in [4.69, 9.17) is 4.74 Å². The smallest absolute Gasteiger partial charge is 0.0522 e. The summed E-state index contributed by atoms with van der Waals surface area (Å²) < 4.78 is 5.56. The number of hydrogen-bond donors (Lipinski definition) is 0. The first-order valence-electron chi connectivity index (χ1n) is 5.50. The van der Waals surface area contributed by atoms with Crippen molar-refractivity contribution in [1.82, 2.24) is 0 Å². The Morgan fingerprint density at radius 1 is 1.15 bits per heavy atom. The summed E-state index contributed by atoms with van der Waals surface area (Å²) in [4.78, 5) is 0. The minimum absolute atomic E-state index is 0.351. The first-order chi connectivity index (χ1) is 5.92. The van der Waals surface area contributed by atoms with Crippen molar-refractivity contribution in [2.45, 2.75) is 48.0 Å². The highest BCUT2D eigenvalue weighted by molar-refractivity contribution is 4.78. The molecule has 0 N–H and O–H groups in total. The Morgan fingerprint density at radius 3 is 2.00 bits per heavy atom. The van der Waals surface area contributed by atoms with Crippen LogP contribution < -0.4 is 0 Å². The molecule has 0 saturated carbocycles. The van der Waals surface area contributed by atoms with E-state index in [-0.39, 0.29) is 0 Å². The standard InChI is InChI=1S/C12H26O/c1-7-13-9-12(6,11(4)5)8-10(2)3/h10-11H,7-9H2,1-6H3. The van der Waals surface area contributed by atoms with Crippen molar-refractivity contribution in [2.24, 2.45) is 17.3 Å². The van der Waals surface area contributed by atoms with Gasteiger partial charge >= 0.3 is 0 Å². The van der Waals surface area contributed by atoms with Crippen LogP contribution >= 0.6 is 0 Å². The van der Waals surface area contributed by atoms with Gasteiger partial charge in [0.15, 0.2) is 0 Å². The molecular weight excluding hydrogens is 160 g/mol. The van der Waals surface area contributed by atoms with E-state index in [2.05, 4.69) is 41.5 Å². The van der Waals surface area contributed by atoms with E-state index in [1.54, 1.807) is 0 Å². The van der Waals surface area contributed by atoms with Crippen LogP contribution in [0.1, 0.15) is 48.0 Å². The second kappa shape index (κ2) is 5.64. The Labute approximate surface area is 83.9 Å². The Morgan fingerprint density at radius 2 is 1.69 bits per heavy atom. The average molecular weight is 186 g/mol. The molecule has 0 amide bonds. The molecule has 0 fully saturated rings. The predicted molar refractivity (Wildman–Crippen MR) is 58.9 cm³/mol. The molecule has 0 aliphatic heterocycles. The lowest BCUT2D eigenvalue weighted by Gasteiger charge is -2.35. The van der Waals surface area contributed by atoms with Crippen LogP contribution in [0.4, 0.5) is 0 Å². The van der Waals surface area contributed by atoms with Crippen molar-refractivity contribution in [1.29, 1.82) is 0 Å². The lowest BCUT2D eigenvalue weighted by atomic mass is 9.74. The highest BCUT2D eigenvalue weighted by atomic mass is 16.5. The van der Waals surface area contributed by atoms with Gasteiger partial charge in [0, 0.05) is 6.61 Å².